The second kappa shape index (κ2) is 10.1. The van der Waals surface area contributed by atoms with Crippen molar-refractivity contribution in [2.75, 3.05) is 26.3 Å². The Bertz CT molecular complexity index is 1100. The molecule has 4 aliphatic heterocycles. The summed E-state index contributed by atoms with van der Waals surface area (Å²) in [6, 6.07) is 7.45. The summed E-state index contributed by atoms with van der Waals surface area (Å²) in [6.45, 7) is 4.75. The number of hydrogen-bond donors (Lipinski definition) is 1. The third-order valence-electron chi connectivity index (χ3n) is 8.44. The maximum Gasteiger partial charge on any atom is 0.313 e. The minimum atomic E-state index is -1.35. The largest absolute Gasteiger partial charge is 0.461 e. The van der Waals surface area contributed by atoms with Gasteiger partial charge in [0.25, 0.3) is 0 Å². The van der Waals surface area contributed by atoms with Gasteiger partial charge < -0.3 is 24.4 Å². The maximum absolute atomic E-state index is 14.4. The SMILES string of the molecule is CCCCCN1CC=C[C@]23O[C@@]4(CC)C=CCOC(=O)[C@H]4[C@H]2C(=O)N([C@H](CO)c2ccccc2)C3C1=O. The van der Waals surface area contributed by atoms with Crippen LogP contribution in [0.1, 0.15) is 51.1 Å². The lowest BCUT2D eigenvalue weighted by Crippen LogP contribution is -2.57. The molecule has 2 saturated heterocycles. The molecule has 8 nitrogen and oxygen atoms in total. The summed E-state index contributed by atoms with van der Waals surface area (Å²) >= 11 is 0. The van der Waals surface area contributed by atoms with Crippen LogP contribution in [0, 0.1) is 11.8 Å². The monoisotopic (exact) mass is 508 g/mol. The lowest BCUT2D eigenvalue weighted by molar-refractivity contribution is -0.161. The number of fused-ring (bicyclic) bond motifs is 2. The van der Waals surface area contributed by atoms with Gasteiger partial charge in [-0.05, 0) is 24.5 Å². The quantitative estimate of drug-likeness (QED) is 0.330. The number of rotatable bonds is 8. The second-order valence-corrected chi connectivity index (χ2v) is 10.4. The van der Waals surface area contributed by atoms with Crippen molar-refractivity contribution in [1.29, 1.82) is 0 Å². The van der Waals surface area contributed by atoms with E-state index >= 15 is 0 Å². The topological polar surface area (TPSA) is 96.4 Å². The van der Waals surface area contributed by atoms with Gasteiger partial charge in [0.1, 0.15) is 29.8 Å². The molecule has 0 aliphatic carbocycles. The zero-order valence-corrected chi connectivity index (χ0v) is 21.5. The van der Waals surface area contributed by atoms with E-state index in [1.807, 2.05) is 55.5 Å². The Balaban J connectivity index is 1.66. The van der Waals surface area contributed by atoms with Crippen molar-refractivity contribution >= 4 is 17.8 Å². The van der Waals surface area contributed by atoms with Crippen molar-refractivity contribution < 1.29 is 29.0 Å². The number of aliphatic hydroxyl groups excluding tert-OH is 1. The van der Waals surface area contributed by atoms with Gasteiger partial charge in [0, 0.05) is 13.1 Å². The van der Waals surface area contributed by atoms with Crippen LogP contribution >= 0.6 is 0 Å². The second-order valence-electron chi connectivity index (χ2n) is 10.4. The molecule has 37 heavy (non-hydrogen) atoms. The van der Waals surface area contributed by atoms with Crippen molar-refractivity contribution in [3.05, 3.63) is 60.2 Å². The maximum atomic E-state index is 14.4. The van der Waals surface area contributed by atoms with Gasteiger partial charge >= 0.3 is 5.97 Å². The Hall–Kier alpha value is -2.97. The summed E-state index contributed by atoms with van der Waals surface area (Å²) in [7, 11) is 0. The molecule has 2 fully saturated rings. The predicted octanol–water partition coefficient (Wildman–Crippen LogP) is 2.78. The first-order valence-corrected chi connectivity index (χ1v) is 13.4. The third kappa shape index (κ3) is 3.92. The fourth-order valence-electron chi connectivity index (χ4n) is 6.70. The lowest BCUT2D eigenvalue weighted by atomic mass is 9.73. The Morgan fingerprint density at radius 1 is 1.03 bits per heavy atom. The molecule has 4 heterocycles. The molecule has 0 aromatic heterocycles. The number of carbonyl (C=O) groups excluding carboxylic acids is 3. The number of carbonyl (C=O) groups is 3. The fraction of sp³-hybridized carbons (Fsp3) is 0.552. The van der Waals surface area contributed by atoms with Crippen LogP contribution in [-0.2, 0) is 23.9 Å². The Morgan fingerprint density at radius 2 is 1.81 bits per heavy atom. The molecule has 1 aromatic carbocycles. The van der Waals surface area contributed by atoms with Crippen molar-refractivity contribution in [2.45, 2.75) is 62.8 Å². The number of ether oxygens (including phenoxy) is 2. The van der Waals surface area contributed by atoms with E-state index in [4.69, 9.17) is 9.47 Å². The number of aliphatic hydroxyl groups is 1. The minimum Gasteiger partial charge on any atom is -0.461 e. The van der Waals surface area contributed by atoms with Crippen molar-refractivity contribution in [2.24, 2.45) is 11.8 Å². The van der Waals surface area contributed by atoms with Gasteiger partial charge in [-0.1, -0.05) is 75.2 Å². The first kappa shape index (κ1) is 25.7. The number of amides is 2. The number of esters is 1. The van der Waals surface area contributed by atoms with E-state index in [1.54, 1.807) is 11.0 Å². The van der Waals surface area contributed by atoms with Crippen molar-refractivity contribution in [3.8, 4) is 0 Å². The number of benzene rings is 1. The average Bonchev–Trinajstić information content (AvgIpc) is 3.19. The smallest absolute Gasteiger partial charge is 0.313 e. The molecule has 5 rings (SSSR count). The number of unbranched alkanes of at least 4 members (excludes halogenated alkanes) is 2. The first-order chi connectivity index (χ1) is 17.9. The number of likely N-dealkylation sites (tertiary alicyclic amines) is 1. The van der Waals surface area contributed by atoms with E-state index in [-0.39, 0.29) is 25.0 Å². The van der Waals surface area contributed by atoms with Crippen molar-refractivity contribution in [3.63, 3.8) is 0 Å². The summed E-state index contributed by atoms with van der Waals surface area (Å²) in [5.74, 6) is -2.91. The number of cyclic esters (lactones) is 1. The fourth-order valence-corrected chi connectivity index (χ4v) is 6.70. The molecule has 0 radical (unpaired) electrons. The summed E-state index contributed by atoms with van der Waals surface area (Å²) in [5, 5.41) is 10.6. The molecule has 1 aromatic rings. The molecular weight excluding hydrogens is 472 g/mol. The van der Waals surface area contributed by atoms with Crippen LogP contribution in [0.4, 0.5) is 0 Å². The average molecular weight is 509 g/mol. The summed E-state index contributed by atoms with van der Waals surface area (Å²) in [5.41, 5.74) is -1.68. The van der Waals surface area contributed by atoms with Crippen LogP contribution in [0.25, 0.3) is 0 Å². The normalized spacial score (nSPS) is 33.5. The Kier molecular flexibility index (Phi) is 6.98. The van der Waals surface area contributed by atoms with Crippen LogP contribution in [0.3, 0.4) is 0 Å². The molecule has 198 valence electrons. The molecule has 1 unspecified atom stereocenters. The minimum absolute atomic E-state index is 0.116. The summed E-state index contributed by atoms with van der Waals surface area (Å²) in [4.78, 5) is 45.4. The van der Waals surface area contributed by atoms with Crippen LogP contribution < -0.4 is 0 Å². The highest BCUT2D eigenvalue weighted by Gasteiger charge is 2.76. The molecule has 0 bridgehead atoms. The summed E-state index contributed by atoms with van der Waals surface area (Å²) in [6.07, 6.45) is 10.7. The first-order valence-electron chi connectivity index (χ1n) is 13.4. The predicted molar refractivity (Wildman–Crippen MR) is 136 cm³/mol. The van der Waals surface area contributed by atoms with Gasteiger partial charge in [0.05, 0.1) is 18.6 Å². The Morgan fingerprint density at radius 3 is 2.51 bits per heavy atom. The molecule has 8 heteroatoms. The molecule has 1 spiro atoms. The van der Waals surface area contributed by atoms with Crippen LogP contribution in [0.2, 0.25) is 0 Å². The summed E-state index contributed by atoms with van der Waals surface area (Å²) < 4.78 is 12.3. The number of hydrogen-bond acceptors (Lipinski definition) is 6. The van der Waals surface area contributed by atoms with E-state index < -0.39 is 41.1 Å². The molecule has 4 aliphatic rings. The van der Waals surface area contributed by atoms with Gasteiger partial charge in [-0.2, -0.15) is 0 Å². The number of nitrogens with zero attached hydrogens (tertiary/aromatic N) is 2. The van der Waals surface area contributed by atoms with Gasteiger partial charge in [0.2, 0.25) is 11.8 Å². The Labute approximate surface area is 217 Å². The molecule has 2 amide bonds. The molecule has 1 N–H and O–H groups in total. The van der Waals surface area contributed by atoms with E-state index in [0.717, 1.165) is 24.8 Å². The lowest BCUT2D eigenvalue weighted by Gasteiger charge is -2.40. The zero-order chi connectivity index (χ0) is 26.2. The van der Waals surface area contributed by atoms with Gasteiger partial charge in [-0.3, -0.25) is 14.4 Å². The highest BCUT2D eigenvalue weighted by molar-refractivity contribution is 5.99. The molecule has 6 atom stereocenters. The van der Waals surface area contributed by atoms with Crippen LogP contribution in [-0.4, -0.2) is 76.2 Å². The van der Waals surface area contributed by atoms with Crippen LogP contribution in [0.5, 0.6) is 0 Å². The molecular formula is C29H36N2O6. The third-order valence-corrected chi connectivity index (χ3v) is 8.44. The van der Waals surface area contributed by atoms with E-state index in [1.165, 1.54) is 4.90 Å². The molecule has 0 saturated carbocycles. The van der Waals surface area contributed by atoms with E-state index in [9.17, 15) is 19.5 Å². The highest BCUT2D eigenvalue weighted by atomic mass is 16.6. The zero-order valence-electron chi connectivity index (χ0n) is 21.5. The van der Waals surface area contributed by atoms with Gasteiger partial charge in [0.15, 0.2) is 0 Å². The standard InChI is InChI=1S/C29H36N2O6/c1-3-5-9-16-30-17-10-15-29-22(23-27(35)36-18-11-14-28(23,4-2)37-29)25(33)31(24(29)26(30)34)21(19-32)20-12-7-6-8-13-20/h6-8,10-15,21-24,32H,3-5,9,16-19H2,1-2H3/t21-,22+,23-,24?,28+,29+/m1/s1. The van der Waals surface area contributed by atoms with E-state index in [0.29, 0.717) is 19.5 Å². The van der Waals surface area contributed by atoms with Crippen LogP contribution in [0.15, 0.2) is 54.6 Å². The van der Waals surface area contributed by atoms with Gasteiger partial charge in [-0.25, -0.2) is 0 Å². The van der Waals surface area contributed by atoms with Gasteiger partial charge in [-0.15, -0.1) is 0 Å². The highest BCUT2D eigenvalue weighted by Crippen LogP contribution is 2.59. The van der Waals surface area contributed by atoms with E-state index in [2.05, 4.69) is 6.92 Å². The van der Waals surface area contributed by atoms with Crippen molar-refractivity contribution in [1.82, 2.24) is 9.80 Å².